The van der Waals surface area contributed by atoms with Gasteiger partial charge in [0.15, 0.2) is 17.3 Å². The van der Waals surface area contributed by atoms with Crippen molar-refractivity contribution >= 4 is 0 Å². The van der Waals surface area contributed by atoms with E-state index in [0.29, 0.717) is 11.7 Å². The lowest BCUT2D eigenvalue weighted by molar-refractivity contribution is 0.229. The summed E-state index contributed by atoms with van der Waals surface area (Å²) in [5.41, 5.74) is 8.06. The fourth-order valence-electron chi connectivity index (χ4n) is 2.96. The fraction of sp³-hybridized carbons (Fsp3) is 0.389. The average Bonchev–Trinajstić information content (AvgIpc) is 3.19. The van der Waals surface area contributed by atoms with Crippen LogP contribution in [0.1, 0.15) is 50.4 Å². The SMILES string of the molecule is CC(C)c1ccc(-n2cc(O)c(-c3nc(C4(N)CCC4)no3)n2)cc1. The van der Waals surface area contributed by atoms with Crippen LogP contribution in [0.3, 0.4) is 0 Å². The molecule has 0 atom stereocenters. The van der Waals surface area contributed by atoms with Gasteiger partial charge in [0.05, 0.1) is 17.4 Å². The van der Waals surface area contributed by atoms with Crippen LogP contribution in [0.5, 0.6) is 5.75 Å². The van der Waals surface area contributed by atoms with E-state index in [1.807, 2.05) is 12.1 Å². The number of aromatic nitrogens is 4. The summed E-state index contributed by atoms with van der Waals surface area (Å²) in [5, 5.41) is 18.6. The maximum Gasteiger partial charge on any atom is 0.282 e. The lowest BCUT2D eigenvalue weighted by Crippen LogP contribution is -2.44. The molecule has 0 saturated heterocycles. The second kappa shape index (κ2) is 5.70. The van der Waals surface area contributed by atoms with Crippen LogP contribution in [-0.4, -0.2) is 25.0 Å². The van der Waals surface area contributed by atoms with Gasteiger partial charge in [-0.05, 0) is 42.9 Å². The molecule has 1 saturated carbocycles. The van der Waals surface area contributed by atoms with Crippen molar-refractivity contribution in [2.45, 2.75) is 44.6 Å². The Morgan fingerprint density at radius 1 is 1.24 bits per heavy atom. The van der Waals surface area contributed by atoms with Crippen LogP contribution in [0, 0.1) is 0 Å². The summed E-state index contributed by atoms with van der Waals surface area (Å²) in [5.74, 6) is 1.11. The minimum absolute atomic E-state index is 0.0113. The average molecular weight is 339 g/mol. The normalized spacial score (nSPS) is 16.2. The second-order valence-corrected chi connectivity index (χ2v) is 6.99. The van der Waals surface area contributed by atoms with Crippen molar-refractivity contribution in [2.75, 3.05) is 0 Å². The van der Waals surface area contributed by atoms with E-state index in [1.54, 1.807) is 4.68 Å². The minimum atomic E-state index is -0.507. The number of nitrogens with zero attached hydrogens (tertiary/aromatic N) is 4. The van der Waals surface area contributed by atoms with Gasteiger partial charge in [0.2, 0.25) is 0 Å². The first-order valence-corrected chi connectivity index (χ1v) is 8.49. The molecule has 0 radical (unpaired) electrons. The summed E-state index contributed by atoms with van der Waals surface area (Å²) in [6.45, 7) is 4.29. The predicted octanol–water partition coefficient (Wildman–Crippen LogP) is 3.09. The fourth-order valence-corrected chi connectivity index (χ4v) is 2.96. The Labute approximate surface area is 145 Å². The number of hydrogen-bond acceptors (Lipinski definition) is 6. The van der Waals surface area contributed by atoms with Gasteiger partial charge in [-0.3, -0.25) is 0 Å². The summed E-state index contributed by atoms with van der Waals surface area (Å²) < 4.78 is 6.87. The first-order chi connectivity index (χ1) is 12.0. The molecule has 0 unspecified atom stereocenters. The van der Waals surface area contributed by atoms with Gasteiger partial charge in [0.1, 0.15) is 0 Å². The van der Waals surface area contributed by atoms with Crippen LogP contribution in [0.15, 0.2) is 35.0 Å². The van der Waals surface area contributed by atoms with Crippen molar-refractivity contribution in [1.82, 2.24) is 19.9 Å². The van der Waals surface area contributed by atoms with Crippen LogP contribution >= 0.6 is 0 Å². The highest BCUT2D eigenvalue weighted by atomic mass is 16.5. The molecule has 2 heterocycles. The van der Waals surface area contributed by atoms with Crippen molar-refractivity contribution in [3.8, 4) is 23.0 Å². The number of rotatable bonds is 4. The van der Waals surface area contributed by atoms with Gasteiger partial charge in [-0.15, -0.1) is 0 Å². The molecule has 0 aliphatic heterocycles. The quantitative estimate of drug-likeness (QED) is 0.757. The van der Waals surface area contributed by atoms with E-state index >= 15 is 0 Å². The molecule has 7 heteroatoms. The Morgan fingerprint density at radius 3 is 2.56 bits per heavy atom. The molecule has 0 amide bonds. The van der Waals surface area contributed by atoms with E-state index in [2.05, 4.69) is 41.2 Å². The number of aromatic hydroxyl groups is 1. The van der Waals surface area contributed by atoms with Crippen LogP contribution in [0.4, 0.5) is 0 Å². The van der Waals surface area contributed by atoms with Crippen LogP contribution < -0.4 is 5.73 Å². The third-order valence-corrected chi connectivity index (χ3v) is 4.84. The van der Waals surface area contributed by atoms with E-state index in [-0.39, 0.29) is 17.3 Å². The van der Waals surface area contributed by atoms with E-state index in [0.717, 1.165) is 24.9 Å². The Bertz CT molecular complexity index is 891. The third kappa shape index (κ3) is 2.70. The van der Waals surface area contributed by atoms with Gasteiger partial charge >= 0.3 is 0 Å². The summed E-state index contributed by atoms with van der Waals surface area (Å²) in [4.78, 5) is 4.34. The molecule has 25 heavy (non-hydrogen) atoms. The molecule has 3 N–H and O–H groups in total. The zero-order valence-corrected chi connectivity index (χ0v) is 14.3. The van der Waals surface area contributed by atoms with Crippen molar-refractivity contribution in [1.29, 1.82) is 0 Å². The molecule has 7 nitrogen and oxygen atoms in total. The standard InChI is InChI=1S/C18H21N5O2/c1-11(2)12-4-6-13(7-5-12)23-10-14(24)15(21-23)16-20-17(22-25-16)18(19)8-3-9-18/h4-7,10-11,24H,3,8-9,19H2,1-2H3. The molecular formula is C18H21N5O2. The predicted molar refractivity (Wildman–Crippen MR) is 92.3 cm³/mol. The smallest absolute Gasteiger partial charge is 0.282 e. The van der Waals surface area contributed by atoms with Crippen molar-refractivity contribution < 1.29 is 9.63 Å². The molecule has 2 aromatic heterocycles. The van der Waals surface area contributed by atoms with Gasteiger partial charge in [-0.25, -0.2) is 4.68 Å². The van der Waals surface area contributed by atoms with Crippen molar-refractivity contribution in [2.24, 2.45) is 5.73 Å². The molecule has 1 aromatic carbocycles. The minimum Gasteiger partial charge on any atom is -0.504 e. The maximum atomic E-state index is 10.2. The molecule has 4 rings (SSSR count). The van der Waals surface area contributed by atoms with Crippen LogP contribution in [-0.2, 0) is 5.54 Å². The largest absolute Gasteiger partial charge is 0.504 e. The second-order valence-electron chi connectivity index (χ2n) is 6.99. The molecule has 1 fully saturated rings. The lowest BCUT2D eigenvalue weighted by Gasteiger charge is -2.34. The Balaban J connectivity index is 1.64. The Kier molecular flexibility index (Phi) is 3.61. The Hall–Kier alpha value is -2.67. The first kappa shape index (κ1) is 15.8. The van der Waals surface area contributed by atoms with E-state index in [9.17, 15) is 5.11 Å². The van der Waals surface area contributed by atoms with E-state index in [4.69, 9.17) is 10.3 Å². The third-order valence-electron chi connectivity index (χ3n) is 4.84. The van der Waals surface area contributed by atoms with Crippen LogP contribution in [0.2, 0.25) is 0 Å². The molecule has 1 aliphatic rings. The molecule has 1 aliphatic carbocycles. The zero-order chi connectivity index (χ0) is 17.6. The first-order valence-electron chi connectivity index (χ1n) is 8.49. The highest BCUT2D eigenvalue weighted by Gasteiger charge is 2.39. The molecule has 0 spiro atoms. The van der Waals surface area contributed by atoms with Crippen LogP contribution in [0.25, 0.3) is 17.3 Å². The van der Waals surface area contributed by atoms with E-state index < -0.39 is 5.54 Å². The summed E-state index contributed by atoms with van der Waals surface area (Å²) >= 11 is 0. The topological polar surface area (TPSA) is 103 Å². The Morgan fingerprint density at radius 2 is 1.96 bits per heavy atom. The number of nitrogens with two attached hydrogens (primary N) is 1. The summed E-state index contributed by atoms with van der Waals surface area (Å²) in [6, 6.07) is 8.04. The molecule has 130 valence electrons. The van der Waals surface area contributed by atoms with Crippen molar-refractivity contribution in [3.63, 3.8) is 0 Å². The van der Waals surface area contributed by atoms with Gasteiger partial charge in [0, 0.05) is 0 Å². The summed E-state index contributed by atoms with van der Waals surface area (Å²) in [6.07, 6.45) is 4.28. The highest BCUT2D eigenvalue weighted by Crippen LogP contribution is 2.38. The molecular weight excluding hydrogens is 318 g/mol. The highest BCUT2D eigenvalue weighted by molar-refractivity contribution is 5.57. The molecule has 0 bridgehead atoms. The van der Waals surface area contributed by atoms with Gasteiger partial charge in [-0.1, -0.05) is 31.1 Å². The number of hydrogen-bond donors (Lipinski definition) is 2. The summed E-state index contributed by atoms with van der Waals surface area (Å²) in [7, 11) is 0. The zero-order valence-electron chi connectivity index (χ0n) is 14.3. The van der Waals surface area contributed by atoms with Gasteiger partial charge in [0.25, 0.3) is 5.89 Å². The van der Waals surface area contributed by atoms with Crippen molar-refractivity contribution in [3.05, 3.63) is 41.9 Å². The lowest BCUT2D eigenvalue weighted by atomic mass is 9.77. The monoisotopic (exact) mass is 339 g/mol. The van der Waals surface area contributed by atoms with Gasteiger partial charge < -0.3 is 15.4 Å². The maximum absolute atomic E-state index is 10.2. The van der Waals surface area contributed by atoms with Gasteiger partial charge in [-0.2, -0.15) is 10.1 Å². The number of benzene rings is 1. The van der Waals surface area contributed by atoms with E-state index in [1.165, 1.54) is 11.8 Å². The molecule has 3 aromatic rings.